The molecule has 0 N–H and O–H groups in total. The summed E-state index contributed by atoms with van der Waals surface area (Å²) in [5.74, 6) is -0.122. The average Bonchev–Trinajstić information content (AvgIpc) is 2.29. The molecule has 0 saturated carbocycles. The van der Waals surface area contributed by atoms with Gasteiger partial charge in [-0.05, 0) is 35.9 Å². The molecule has 1 heterocycles. The van der Waals surface area contributed by atoms with Gasteiger partial charge in [0, 0.05) is 16.9 Å². The second-order valence-electron chi connectivity index (χ2n) is 3.22. The Labute approximate surface area is 101 Å². The maximum Gasteiger partial charge on any atom is 0.166 e. The predicted molar refractivity (Wildman–Crippen MR) is 62.7 cm³/mol. The molecule has 0 radical (unpaired) electrons. The molecule has 1 aromatic carbocycles. The lowest BCUT2D eigenvalue weighted by Crippen LogP contribution is -1.97. The van der Waals surface area contributed by atoms with Crippen LogP contribution in [0.15, 0.2) is 47.2 Å². The van der Waals surface area contributed by atoms with Crippen molar-refractivity contribution < 1.29 is 9.13 Å². The minimum atomic E-state index is -0.372. The summed E-state index contributed by atoms with van der Waals surface area (Å²) in [5.41, 5.74) is 0.956. The molecule has 2 nitrogen and oxygen atoms in total. The zero-order valence-electron chi connectivity index (χ0n) is 8.36. The summed E-state index contributed by atoms with van der Waals surface area (Å²) in [6.45, 7) is 0.334. The van der Waals surface area contributed by atoms with Crippen molar-refractivity contribution in [2.75, 3.05) is 0 Å². The molecule has 0 fully saturated rings. The highest BCUT2D eigenvalue weighted by atomic mass is 79.9. The molecule has 4 heteroatoms. The molecule has 0 amide bonds. The molecule has 1 aromatic heterocycles. The first kappa shape index (κ1) is 11.1. The molecule has 0 aliphatic rings. The largest absolute Gasteiger partial charge is 0.486 e. The molecule has 2 rings (SSSR count). The second kappa shape index (κ2) is 5.07. The number of rotatable bonds is 3. The van der Waals surface area contributed by atoms with Gasteiger partial charge in [-0.1, -0.05) is 15.9 Å². The number of aromatic nitrogens is 1. The second-order valence-corrected chi connectivity index (χ2v) is 4.13. The van der Waals surface area contributed by atoms with Gasteiger partial charge >= 0.3 is 0 Å². The molecule has 0 unspecified atom stereocenters. The Morgan fingerprint density at radius 2 is 1.94 bits per heavy atom. The standard InChI is InChI=1S/C12H9BrFNO/c13-10-1-2-12(11(14)7-10)16-8-9-3-5-15-6-4-9/h1-7H,8H2. The molecule has 2 aromatic rings. The van der Waals surface area contributed by atoms with E-state index < -0.39 is 0 Å². The fourth-order valence-corrected chi connectivity index (χ4v) is 1.57. The molecular formula is C12H9BrFNO. The number of halogens is 2. The van der Waals surface area contributed by atoms with Crippen molar-refractivity contribution in [1.29, 1.82) is 0 Å². The number of benzene rings is 1. The molecule has 0 spiro atoms. The van der Waals surface area contributed by atoms with Crippen LogP contribution in [-0.4, -0.2) is 4.98 Å². The van der Waals surface area contributed by atoms with Gasteiger partial charge in [0.1, 0.15) is 6.61 Å². The maximum absolute atomic E-state index is 13.4. The first-order valence-corrected chi connectivity index (χ1v) is 5.52. The Hall–Kier alpha value is -1.42. The van der Waals surface area contributed by atoms with Gasteiger partial charge in [0.15, 0.2) is 11.6 Å². The lowest BCUT2D eigenvalue weighted by Gasteiger charge is -2.07. The number of pyridine rings is 1. The van der Waals surface area contributed by atoms with Crippen molar-refractivity contribution in [2.24, 2.45) is 0 Å². The van der Waals surface area contributed by atoms with E-state index in [4.69, 9.17) is 4.74 Å². The van der Waals surface area contributed by atoms with Crippen LogP contribution in [0.5, 0.6) is 5.75 Å². The van der Waals surface area contributed by atoms with Crippen LogP contribution >= 0.6 is 15.9 Å². The Kier molecular flexibility index (Phi) is 3.51. The molecule has 0 atom stereocenters. The van der Waals surface area contributed by atoms with Crippen molar-refractivity contribution in [3.05, 3.63) is 58.6 Å². The Morgan fingerprint density at radius 1 is 1.19 bits per heavy atom. The predicted octanol–water partition coefficient (Wildman–Crippen LogP) is 3.56. The average molecular weight is 282 g/mol. The number of nitrogens with zero attached hydrogens (tertiary/aromatic N) is 1. The van der Waals surface area contributed by atoms with Crippen molar-refractivity contribution >= 4 is 15.9 Å². The summed E-state index contributed by atoms with van der Waals surface area (Å²) in [5, 5.41) is 0. The summed E-state index contributed by atoms with van der Waals surface area (Å²) in [7, 11) is 0. The molecular weight excluding hydrogens is 273 g/mol. The van der Waals surface area contributed by atoms with Crippen LogP contribution in [0.25, 0.3) is 0 Å². The molecule has 0 saturated heterocycles. The summed E-state index contributed by atoms with van der Waals surface area (Å²) in [4.78, 5) is 3.89. The summed E-state index contributed by atoms with van der Waals surface area (Å²) >= 11 is 3.19. The number of hydrogen-bond acceptors (Lipinski definition) is 2. The Morgan fingerprint density at radius 3 is 2.62 bits per heavy atom. The van der Waals surface area contributed by atoms with E-state index in [2.05, 4.69) is 20.9 Å². The van der Waals surface area contributed by atoms with Gasteiger partial charge in [-0.15, -0.1) is 0 Å². The first-order chi connectivity index (χ1) is 7.75. The van der Waals surface area contributed by atoms with Crippen molar-refractivity contribution in [3.8, 4) is 5.75 Å². The van der Waals surface area contributed by atoms with E-state index in [0.29, 0.717) is 11.1 Å². The van der Waals surface area contributed by atoms with Crippen molar-refractivity contribution in [2.45, 2.75) is 6.61 Å². The summed E-state index contributed by atoms with van der Waals surface area (Å²) in [6.07, 6.45) is 3.35. The van der Waals surface area contributed by atoms with Gasteiger partial charge in [-0.2, -0.15) is 0 Å². The topological polar surface area (TPSA) is 22.1 Å². The smallest absolute Gasteiger partial charge is 0.166 e. The van der Waals surface area contributed by atoms with Gasteiger partial charge in [0.05, 0.1) is 0 Å². The SMILES string of the molecule is Fc1cc(Br)ccc1OCc1ccncc1. The molecule has 0 aliphatic heterocycles. The van der Waals surface area contributed by atoms with E-state index in [-0.39, 0.29) is 11.6 Å². The van der Waals surface area contributed by atoms with Gasteiger partial charge in [0.2, 0.25) is 0 Å². The highest BCUT2D eigenvalue weighted by molar-refractivity contribution is 9.10. The zero-order chi connectivity index (χ0) is 11.4. The van der Waals surface area contributed by atoms with Crippen molar-refractivity contribution in [1.82, 2.24) is 4.98 Å². The Bertz CT molecular complexity index is 476. The van der Waals surface area contributed by atoms with Crippen LogP contribution in [0.3, 0.4) is 0 Å². The van der Waals surface area contributed by atoms with E-state index in [9.17, 15) is 4.39 Å². The van der Waals surface area contributed by atoms with Crippen LogP contribution in [0.1, 0.15) is 5.56 Å². The van der Waals surface area contributed by atoms with E-state index in [1.807, 2.05) is 12.1 Å². The number of hydrogen-bond donors (Lipinski definition) is 0. The molecule has 16 heavy (non-hydrogen) atoms. The molecule has 82 valence electrons. The third-order valence-corrected chi connectivity index (χ3v) is 2.53. The molecule has 0 aliphatic carbocycles. The van der Waals surface area contributed by atoms with E-state index in [1.54, 1.807) is 24.5 Å². The maximum atomic E-state index is 13.4. The van der Waals surface area contributed by atoms with Crippen LogP contribution in [-0.2, 0) is 6.61 Å². The zero-order valence-corrected chi connectivity index (χ0v) is 9.95. The minimum Gasteiger partial charge on any atom is -0.486 e. The normalized spacial score (nSPS) is 10.1. The van der Waals surface area contributed by atoms with E-state index in [0.717, 1.165) is 5.56 Å². The lowest BCUT2D eigenvalue weighted by atomic mass is 10.3. The minimum absolute atomic E-state index is 0.250. The third-order valence-electron chi connectivity index (χ3n) is 2.04. The van der Waals surface area contributed by atoms with Crippen molar-refractivity contribution in [3.63, 3.8) is 0 Å². The third kappa shape index (κ3) is 2.79. The lowest BCUT2D eigenvalue weighted by molar-refractivity contribution is 0.290. The van der Waals surface area contributed by atoms with Crippen LogP contribution < -0.4 is 4.74 Å². The highest BCUT2D eigenvalue weighted by Crippen LogP contribution is 2.22. The van der Waals surface area contributed by atoms with Crippen LogP contribution in [0, 0.1) is 5.82 Å². The number of ether oxygens (including phenoxy) is 1. The van der Waals surface area contributed by atoms with Crippen LogP contribution in [0.4, 0.5) is 4.39 Å². The van der Waals surface area contributed by atoms with Crippen LogP contribution in [0.2, 0.25) is 0 Å². The summed E-state index contributed by atoms with van der Waals surface area (Å²) < 4.78 is 19.4. The Balaban J connectivity index is 2.05. The van der Waals surface area contributed by atoms with E-state index >= 15 is 0 Å². The van der Waals surface area contributed by atoms with Gasteiger partial charge in [0.25, 0.3) is 0 Å². The quantitative estimate of drug-likeness (QED) is 0.858. The van der Waals surface area contributed by atoms with Gasteiger partial charge < -0.3 is 4.74 Å². The first-order valence-electron chi connectivity index (χ1n) is 4.72. The highest BCUT2D eigenvalue weighted by Gasteiger charge is 2.03. The fourth-order valence-electron chi connectivity index (χ4n) is 1.23. The van der Waals surface area contributed by atoms with E-state index in [1.165, 1.54) is 6.07 Å². The van der Waals surface area contributed by atoms with Gasteiger partial charge in [-0.25, -0.2) is 4.39 Å². The molecule has 0 bridgehead atoms. The monoisotopic (exact) mass is 281 g/mol. The van der Waals surface area contributed by atoms with Gasteiger partial charge in [-0.3, -0.25) is 4.98 Å². The summed E-state index contributed by atoms with van der Waals surface area (Å²) in [6, 6.07) is 8.38. The fraction of sp³-hybridized carbons (Fsp3) is 0.0833.